The molecule has 5 heteroatoms. The van der Waals surface area contributed by atoms with Crippen LogP contribution in [0.4, 0.5) is 0 Å². The number of piperidine rings is 1. The van der Waals surface area contributed by atoms with Gasteiger partial charge in [0.15, 0.2) is 0 Å². The molecule has 1 fully saturated rings. The highest BCUT2D eigenvalue weighted by molar-refractivity contribution is 5.89. The van der Waals surface area contributed by atoms with Crippen molar-refractivity contribution in [2.75, 3.05) is 33.4 Å². The third kappa shape index (κ3) is 6.08. The molecule has 0 unspecified atom stereocenters. The molecule has 0 aliphatic carbocycles. The number of aliphatic hydroxyl groups is 1. The summed E-state index contributed by atoms with van der Waals surface area (Å²) in [4.78, 5) is 12.9. The Labute approximate surface area is 166 Å². The predicted molar refractivity (Wildman–Crippen MR) is 108 cm³/mol. The average Bonchev–Trinajstić information content (AvgIpc) is 2.74. The first kappa shape index (κ1) is 20.4. The number of hydrogen-bond acceptors (Lipinski definition) is 4. The molecule has 0 amide bonds. The van der Waals surface area contributed by atoms with Gasteiger partial charge in [-0.25, -0.2) is 4.79 Å². The molecule has 2 aromatic carbocycles. The number of carbonyl (C=O) groups is 1. The summed E-state index contributed by atoms with van der Waals surface area (Å²) in [6.07, 6.45) is 3.06. The maximum atomic E-state index is 11.4. The van der Waals surface area contributed by atoms with E-state index >= 15 is 0 Å². The Bertz CT molecular complexity index is 724. The fourth-order valence-corrected chi connectivity index (χ4v) is 3.83. The number of benzene rings is 2. The minimum Gasteiger partial charge on any atom is -0.491 e. The van der Waals surface area contributed by atoms with Crippen LogP contribution in [-0.4, -0.2) is 50.5 Å². The summed E-state index contributed by atoms with van der Waals surface area (Å²) >= 11 is 0. The zero-order valence-corrected chi connectivity index (χ0v) is 16.5. The normalized spacial score (nSPS) is 20.4. The lowest BCUT2D eigenvalue weighted by Gasteiger charge is -2.30. The van der Waals surface area contributed by atoms with Crippen molar-refractivity contribution >= 4 is 5.97 Å². The number of likely N-dealkylation sites (tertiary alicyclic amines) is 1. The molecular weight excluding hydrogens is 354 g/mol. The summed E-state index contributed by atoms with van der Waals surface area (Å²) in [6.45, 7) is 3.16. The van der Waals surface area contributed by atoms with Crippen LogP contribution in [0.2, 0.25) is 0 Å². The zero-order chi connectivity index (χ0) is 19.8. The Morgan fingerprint density at radius 2 is 1.79 bits per heavy atom. The van der Waals surface area contributed by atoms with Gasteiger partial charge in [-0.15, -0.1) is 0 Å². The van der Waals surface area contributed by atoms with Gasteiger partial charge in [0.1, 0.15) is 25.0 Å². The molecule has 1 aliphatic rings. The predicted octanol–water partition coefficient (Wildman–Crippen LogP) is 1.75. The number of rotatable bonds is 8. The smallest absolute Gasteiger partial charge is 0.337 e. The molecule has 5 nitrogen and oxygen atoms in total. The summed E-state index contributed by atoms with van der Waals surface area (Å²) in [5, 5.41) is 10.3. The quantitative estimate of drug-likeness (QED) is 0.681. The van der Waals surface area contributed by atoms with Crippen LogP contribution in [0.5, 0.6) is 5.75 Å². The van der Waals surface area contributed by atoms with E-state index in [1.54, 1.807) is 24.3 Å². The van der Waals surface area contributed by atoms with Crippen molar-refractivity contribution in [2.24, 2.45) is 5.92 Å². The van der Waals surface area contributed by atoms with E-state index in [1.807, 2.05) is 0 Å². The Balaban J connectivity index is 1.36. The van der Waals surface area contributed by atoms with Crippen molar-refractivity contribution in [1.82, 2.24) is 0 Å². The lowest BCUT2D eigenvalue weighted by atomic mass is 9.90. The van der Waals surface area contributed by atoms with Gasteiger partial charge in [0, 0.05) is 0 Å². The van der Waals surface area contributed by atoms with E-state index in [0.29, 0.717) is 17.9 Å². The molecule has 2 N–H and O–H groups in total. The fraction of sp³-hybridized carbons (Fsp3) is 0.435. The molecule has 2 aromatic rings. The molecule has 0 radical (unpaired) electrons. The molecule has 0 bridgehead atoms. The monoisotopic (exact) mass is 384 g/mol. The first-order valence-corrected chi connectivity index (χ1v) is 10.0. The van der Waals surface area contributed by atoms with Gasteiger partial charge < -0.3 is 19.5 Å². The first-order chi connectivity index (χ1) is 13.6. The van der Waals surface area contributed by atoms with E-state index < -0.39 is 6.10 Å². The van der Waals surface area contributed by atoms with Crippen LogP contribution in [0.1, 0.15) is 28.8 Å². The van der Waals surface area contributed by atoms with Crippen LogP contribution < -0.4 is 9.64 Å². The van der Waals surface area contributed by atoms with Gasteiger partial charge in [-0.1, -0.05) is 30.3 Å². The molecule has 28 heavy (non-hydrogen) atoms. The Morgan fingerprint density at radius 1 is 1.11 bits per heavy atom. The number of ether oxygens (including phenoxy) is 2. The minimum absolute atomic E-state index is 0.258. The highest BCUT2D eigenvalue weighted by atomic mass is 16.5. The lowest BCUT2D eigenvalue weighted by Crippen LogP contribution is -3.14. The van der Waals surface area contributed by atoms with Crippen LogP contribution in [0.25, 0.3) is 0 Å². The van der Waals surface area contributed by atoms with Gasteiger partial charge in [0.2, 0.25) is 0 Å². The summed E-state index contributed by atoms with van der Waals surface area (Å²) in [5.74, 6) is 1.02. The second kappa shape index (κ2) is 10.2. The van der Waals surface area contributed by atoms with E-state index in [4.69, 9.17) is 4.74 Å². The molecule has 0 saturated carbocycles. The molecule has 0 aromatic heterocycles. The number of esters is 1. The van der Waals surface area contributed by atoms with Crippen LogP contribution in [0.15, 0.2) is 54.6 Å². The van der Waals surface area contributed by atoms with Crippen molar-refractivity contribution in [3.8, 4) is 5.75 Å². The van der Waals surface area contributed by atoms with E-state index in [1.165, 1.54) is 30.4 Å². The van der Waals surface area contributed by atoms with E-state index in [9.17, 15) is 9.90 Å². The Hall–Kier alpha value is -2.37. The molecular formula is C23H30NO4+. The van der Waals surface area contributed by atoms with E-state index in [2.05, 4.69) is 35.1 Å². The summed E-state index contributed by atoms with van der Waals surface area (Å²) in [5.41, 5.74) is 1.90. The topological polar surface area (TPSA) is 60.2 Å². The second-order valence-electron chi connectivity index (χ2n) is 7.57. The number of aliphatic hydroxyl groups excluding tert-OH is 1. The van der Waals surface area contributed by atoms with Crippen LogP contribution in [0, 0.1) is 5.92 Å². The lowest BCUT2D eigenvalue weighted by molar-refractivity contribution is -0.909. The largest absolute Gasteiger partial charge is 0.491 e. The molecule has 1 aliphatic heterocycles. The van der Waals surface area contributed by atoms with E-state index in [0.717, 1.165) is 25.4 Å². The third-order valence-corrected chi connectivity index (χ3v) is 5.42. The van der Waals surface area contributed by atoms with Gasteiger partial charge in [-0.2, -0.15) is 0 Å². The van der Waals surface area contributed by atoms with Gasteiger partial charge in [-0.3, -0.25) is 0 Å². The number of nitrogens with one attached hydrogen (secondary N) is 1. The number of methoxy groups -OCH3 is 1. The Morgan fingerprint density at radius 3 is 2.43 bits per heavy atom. The second-order valence-corrected chi connectivity index (χ2v) is 7.57. The molecule has 1 saturated heterocycles. The van der Waals surface area contributed by atoms with Gasteiger partial charge >= 0.3 is 5.97 Å². The number of quaternary nitrogens is 1. The maximum Gasteiger partial charge on any atom is 0.337 e. The van der Waals surface area contributed by atoms with Gasteiger partial charge in [-0.05, 0) is 55.0 Å². The van der Waals surface area contributed by atoms with Gasteiger partial charge in [0.05, 0.1) is 25.8 Å². The summed E-state index contributed by atoms with van der Waals surface area (Å²) in [7, 11) is 1.36. The molecule has 3 rings (SSSR count). The SMILES string of the molecule is COC(=O)c1ccc(OC[C@@H](O)C[NH+]2CCC(Cc3ccccc3)CC2)cc1. The highest BCUT2D eigenvalue weighted by Gasteiger charge is 2.24. The summed E-state index contributed by atoms with van der Waals surface area (Å²) in [6, 6.07) is 17.5. The number of hydrogen-bond donors (Lipinski definition) is 2. The van der Waals surface area contributed by atoms with Crippen LogP contribution >= 0.6 is 0 Å². The third-order valence-electron chi connectivity index (χ3n) is 5.42. The van der Waals surface area contributed by atoms with Crippen molar-refractivity contribution in [3.63, 3.8) is 0 Å². The van der Waals surface area contributed by atoms with Crippen LogP contribution in [-0.2, 0) is 11.2 Å². The Kier molecular flexibility index (Phi) is 7.46. The van der Waals surface area contributed by atoms with Crippen molar-refractivity contribution < 1.29 is 24.3 Å². The van der Waals surface area contributed by atoms with Gasteiger partial charge in [0.25, 0.3) is 0 Å². The van der Waals surface area contributed by atoms with E-state index in [-0.39, 0.29) is 12.6 Å². The average molecular weight is 384 g/mol. The minimum atomic E-state index is -0.499. The molecule has 1 heterocycles. The standard InChI is InChI=1S/C23H29NO4/c1-27-23(26)20-7-9-22(10-8-20)28-17-21(25)16-24-13-11-19(12-14-24)15-18-5-3-2-4-6-18/h2-10,19,21,25H,11-17H2,1H3/p+1/t21-/m0/s1. The van der Waals surface area contributed by atoms with Crippen LogP contribution in [0.3, 0.4) is 0 Å². The highest BCUT2D eigenvalue weighted by Crippen LogP contribution is 2.16. The van der Waals surface area contributed by atoms with Crippen molar-refractivity contribution in [3.05, 3.63) is 65.7 Å². The zero-order valence-electron chi connectivity index (χ0n) is 16.5. The number of carbonyl (C=O) groups excluding carboxylic acids is 1. The first-order valence-electron chi connectivity index (χ1n) is 10.0. The summed E-state index contributed by atoms with van der Waals surface area (Å²) < 4.78 is 10.3. The maximum absolute atomic E-state index is 11.4. The fourth-order valence-electron chi connectivity index (χ4n) is 3.83. The molecule has 0 spiro atoms. The molecule has 1 atom stereocenters. The van der Waals surface area contributed by atoms with Crippen molar-refractivity contribution in [1.29, 1.82) is 0 Å². The molecule has 150 valence electrons. The van der Waals surface area contributed by atoms with Crippen molar-refractivity contribution in [2.45, 2.75) is 25.4 Å².